The number of alkyl halides is 4. The maximum absolute atomic E-state index is 11.4. The number of nitrogens with zero attached hydrogens (tertiary/aromatic N) is 4. The van der Waals surface area contributed by atoms with Crippen LogP contribution in [0.1, 0.15) is 35.1 Å². The van der Waals surface area contributed by atoms with Gasteiger partial charge >= 0.3 is 63.1 Å². The Balaban J connectivity index is -0.0000000763. The molecule has 0 spiro atoms. The Kier molecular flexibility index (Phi) is 35.2. The molecule has 2 rings (SSSR count). The van der Waals surface area contributed by atoms with Crippen LogP contribution < -0.4 is 76.2 Å². The molecule has 0 unspecified atom stereocenters. The number of hydrogen-bond donors (Lipinski definition) is 0. The standard InChI is InChI=1S/2C6H14N2.C3H6O.C2H2F4O3S.CH4.2ClH.K/c2*1-3-8-5-4-7(2)6-8;1-3(2)4;3-1(4)2(5,6)10(7,8)9;;;;/h2*3-6H2,1-2H3;1-2H3;1H,(H,7,8,9);1H4;2*1H;/q;;;;;;;+1/p-3. The molecule has 0 saturated carbocycles. The van der Waals surface area contributed by atoms with Crippen molar-refractivity contribution in [3.63, 3.8) is 0 Å². The van der Waals surface area contributed by atoms with Gasteiger partial charge in [0.1, 0.15) is 5.78 Å². The molecule has 0 N–H and O–H groups in total. The monoisotopic (exact) mass is 592 g/mol. The van der Waals surface area contributed by atoms with E-state index >= 15 is 0 Å². The van der Waals surface area contributed by atoms with Crippen molar-refractivity contribution in [1.82, 2.24) is 19.6 Å². The number of rotatable bonds is 4. The van der Waals surface area contributed by atoms with E-state index in [0.29, 0.717) is 0 Å². The number of Topliss-reactive ketones (excluding diaryl/α,β-unsaturated/α-hetero) is 1. The van der Waals surface area contributed by atoms with Crippen molar-refractivity contribution in [3.8, 4) is 0 Å². The van der Waals surface area contributed by atoms with Crippen molar-refractivity contribution in [2.45, 2.75) is 46.8 Å². The molecular formula is C18H39Cl2F4KN4O4S-2. The van der Waals surface area contributed by atoms with E-state index in [4.69, 9.17) is 0 Å². The van der Waals surface area contributed by atoms with E-state index in [9.17, 15) is 35.3 Å². The van der Waals surface area contributed by atoms with Gasteiger partial charge in [0.25, 0.3) is 0 Å². The molecule has 0 radical (unpaired) electrons. The zero-order chi connectivity index (χ0) is 24.1. The van der Waals surface area contributed by atoms with Gasteiger partial charge in [0.05, 0.1) is 13.3 Å². The Bertz CT molecular complexity index is 576. The molecule has 2 fully saturated rings. The Labute approximate surface area is 258 Å². The Morgan fingerprint density at radius 3 is 1.24 bits per heavy atom. The van der Waals surface area contributed by atoms with Gasteiger partial charge in [-0.3, -0.25) is 19.6 Å². The van der Waals surface area contributed by atoms with Gasteiger partial charge in [0.15, 0.2) is 10.1 Å². The first-order valence-corrected chi connectivity index (χ1v) is 10.9. The van der Waals surface area contributed by atoms with Crippen molar-refractivity contribution in [3.05, 3.63) is 0 Å². The largest absolute Gasteiger partial charge is 1.00 e. The Morgan fingerprint density at radius 2 is 1.18 bits per heavy atom. The Hall–Kier alpha value is 1.36. The van der Waals surface area contributed by atoms with Crippen LogP contribution in [-0.2, 0) is 14.9 Å². The molecular weight excluding hydrogens is 554 g/mol. The summed E-state index contributed by atoms with van der Waals surface area (Å²) in [6.45, 7) is 17.2. The second-order valence-electron chi connectivity index (χ2n) is 7.09. The van der Waals surface area contributed by atoms with Crippen molar-refractivity contribution in [2.75, 3.05) is 66.7 Å². The third kappa shape index (κ3) is 23.7. The minimum absolute atomic E-state index is 0. The molecule has 206 valence electrons. The number of halogens is 6. The summed E-state index contributed by atoms with van der Waals surface area (Å²) in [5, 5.41) is -5.48. The van der Waals surface area contributed by atoms with Crippen LogP contribution in [0.2, 0.25) is 0 Å². The molecule has 0 aromatic rings. The zero-order valence-corrected chi connectivity index (χ0v) is 25.8. The van der Waals surface area contributed by atoms with Gasteiger partial charge in [-0.25, -0.2) is 17.2 Å². The number of carbonyl (C=O) groups excluding carboxylic acids is 1. The summed E-state index contributed by atoms with van der Waals surface area (Å²) in [7, 11) is -1.91. The second-order valence-corrected chi connectivity index (χ2v) is 8.54. The zero-order valence-electron chi connectivity index (χ0n) is 20.3. The summed E-state index contributed by atoms with van der Waals surface area (Å²) in [5.74, 6) is 0.167. The predicted molar refractivity (Wildman–Crippen MR) is 113 cm³/mol. The molecule has 0 aromatic carbocycles. The average molecular weight is 594 g/mol. The molecule has 34 heavy (non-hydrogen) atoms. The first-order valence-electron chi connectivity index (χ1n) is 9.48. The molecule has 0 bridgehead atoms. The van der Waals surface area contributed by atoms with Gasteiger partial charge in [0, 0.05) is 26.2 Å². The number of likely N-dealkylation sites (N-methyl/N-ethyl adjacent to an activating group) is 4. The van der Waals surface area contributed by atoms with Crippen LogP contribution in [0.4, 0.5) is 17.6 Å². The van der Waals surface area contributed by atoms with Crippen LogP contribution >= 0.6 is 0 Å². The molecule has 0 atom stereocenters. The maximum atomic E-state index is 11.4. The summed E-state index contributed by atoms with van der Waals surface area (Å²) in [4.78, 5) is 19.0. The van der Waals surface area contributed by atoms with Crippen molar-refractivity contribution in [1.29, 1.82) is 0 Å². The van der Waals surface area contributed by atoms with Crippen LogP contribution in [0.3, 0.4) is 0 Å². The molecule has 2 aliphatic heterocycles. The third-order valence-electron chi connectivity index (χ3n) is 3.96. The second kappa shape index (κ2) is 24.7. The minimum Gasteiger partial charge on any atom is -1.00 e. The quantitative estimate of drug-likeness (QED) is 0.181. The molecule has 2 aliphatic rings. The van der Waals surface area contributed by atoms with Gasteiger partial charge in [-0.15, -0.1) is 0 Å². The van der Waals surface area contributed by atoms with Crippen molar-refractivity contribution in [2.24, 2.45) is 0 Å². The molecule has 2 heterocycles. The third-order valence-corrected chi connectivity index (χ3v) is 4.81. The molecule has 2 saturated heterocycles. The summed E-state index contributed by atoms with van der Waals surface area (Å²) < 4.78 is 72.7. The van der Waals surface area contributed by atoms with E-state index in [-0.39, 0.29) is 89.4 Å². The molecule has 8 nitrogen and oxygen atoms in total. The summed E-state index contributed by atoms with van der Waals surface area (Å²) in [5.41, 5.74) is 0. The first-order chi connectivity index (χ1) is 13.6. The topological polar surface area (TPSA) is 87.2 Å². The predicted octanol–water partition coefficient (Wildman–Crippen LogP) is -6.94. The smallest absolute Gasteiger partial charge is 1.00 e. The minimum atomic E-state index is -6.23. The van der Waals surface area contributed by atoms with Crippen molar-refractivity contribution < 1.29 is 112 Å². The van der Waals surface area contributed by atoms with E-state index in [1.54, 1.807) is 0 Å². The van der Waals surface area contributed by atoms with Gasteiger partial charge in [0.2, 0.25) is 0 Å². The van der Waals surface area contributed by atoms with Gasteiger partial charge in [-0.05, 0) is 41.0 Å². The van der Waals surface area contributed by atoms with Crippen LogP contribution in [0, 0.1) is 0 Å². The van der Waals surface area contributed by atoms with Gasteiger partial charge < -0.3 is 34.2 Å². The van der Waals surface area contributed by atoms with E-state index in [1.807, 2.05) is 0 Å². The summed E-state index contributed by atoms with van der Waals surface area (Å²) in [6, 6.07) is 0. The Morgan fingerprint density at radius 1 is 0.912 bits per heavy atom. The van der Waals surface area contributed by atoms with Crippen LogP contribution in [0.25, 0.3) is 0 Å². The van der Waals surface area contributed by atoms with Crippen molar-refractivity contribution >= 4 is 15.9 Å². The molecule has 0 aliphatic carbocycles. The van der Waals surface area contributed by atoms with E-state index in [2.05, 4.69) is 47.5 Å². The molecule has 16 heteroatoms. The average Bonchev–Trinajstić information content (AvgIpc) is 3.22. The summed E-state index contributed by atoms with van der Waals surface area (Å²) in [6.07, 6.45) is -4.48. The fraction of sp³-hybridized carbons (Fsp3) is 0.944. The SMILES string of the molecule is C.CC(C)=O.CCN1CCN(C)C1.CCN1CCN(C)C1.O=S(=O)([O-])C(F)(F)C(F)F.[Cl-].[Cl-].[K+]. The number of carbonyl (C=O) groups is 1. The van der Waals surface area contributed by atoms with Crippen LogP contribution in [-0.4, -0.2) is 117 Å². The first kappa shape index (κ1) is 48.4. The normalized spacial score (nSPS) is 16.6. The van der Waals surface area contributed by atoms with E-state index in [0.717, 1.165) is 13.3 Å². The maximum Gasteiger partial charge on any atom is 1.00 e. The summed E-state index contributed by atoms with van der Waals surface area (Å²) >= 11 is 0. The van der Waals surface area contributed by atoms with Crippen LogP contribution in [0.5, 0.6) is 0 Å². The number of hydrogen-bond acceptors (Lipinski definition) is 8. The fourth-order valence-electron chi connectivity index (χ4n) is 2.22. The molecule has 0 aromatic heterocycles. The fourth-order valence-corrected chi connectivity index (χ4v) is 2.43. The van der Waals surface area contributed by atoms with Crippen LogP contribution in [0.15, 0.2) is 0 Å². The van der Waals surface area contributed by atoms with Gasteiger partial charge in [-0.2, -0.15) is 8.78 Å². The van der Waals surface area contributed by atoms with Gasteiger partial charge in [-0.1, -0.05) is 21.3 Å². The van der Waals surface area contributed by atoms with E-state index in [1.165, 1.54) is 53.1 Å². The number of ketones is 1. The molecule has 0 amide bonds. The van der Waals surface area contributed by atoms with E-state index < -0.39 is 21.8 Å².